The van der Waals surface area contributed by atoms with Crippen LogP contribution < -0.4 is 0 Å². The topological polar surface area (TPSA) is 33.2 Å². The van der Waals surface area contributed by atoms with Gasteiger partial charge in [0.15, 0.2) is 0 Å². The molecule has 0 N–H and O–H groups in total. The monoisotopic (exact) mass is 242 g/mol. The summed E-state index contributed by atoms with van der Waals surface area (Å²) in [5.41, 5.74) is 2.30. The molecule has 2 rings (SSSR count). The molecule has 0 aliphatic carbocycles. The minimum Gasteiger partial charge on any atom is -0.333 e. The number of carbonyl (C=O) groups is 1. The Morgan fingerprint density at radius 2 is 2.40 bits per heavy atom. The molecular weight excluding hydrogens is 228 g/mol. The quantitative estimate of drug-likeness (QED) is 0.756. The van der Waals surface area contributed by atoms with Gasteiger partial charge >= 0.3 is 0 Å². The van der Waals surface area contributed by atoms with Gasteiger partial charge in [-0.2, -0.15) is 11.8 Å². The second-order valence-electron chi connectivity index (χ2n) is 3.69. The molecule has 0 saturated carbocycles. The van der Waals surface area contributed by atoms with E-state index in [4.69, 9.17) is 0 Å². The summed E-state index contributed by atoms with van der Waals surface area (Å²) < 4.78 is 0. The van der Waals surface area contributed by atoms with Crippen molar-refractivity contribution in [2.75, 3.05) is 12.3 Å². The summed E-state index contributed by atoms with van der Waals surface area (Å²) in [5.74, 6) is 1.11. The highest BCUT2D eigenvalue weighted by molar-refractivity contribution is 8.00. The van der Waals surface area contributed by atoms with Crippen LogP contribution in [0.2, 0.25) is 0 Å². The lowest BCUT2D eigenvalue weighted by atomic mass is 10.2. The third-order valence-electron chi connectivity index (χ3n) is 2.80. The Morgan fingerprint density at radius 3 is 3.07 bits per heavy atom. The van der Waals surface area contributed by atoms with Crippen LogP contribution in [0.3, 0.4) is 0 Å². The Hall–Kier alpha value is -0.550. The van der Waals surface area contributed by atoms with Gasteiger partial charge in [0.05, 0.1) is 5.51 Å². The number of hydrogen-bond donors (Lipinski definition) is 0. The highest BCUT2D eigenvalue weighted by Gasteiger charge is 2.29. The average molecular weight is 242 g/mol. The lowest BCUT2D eigenvalue weighted by Crippen LogP contribution is -2.48. The third-order valence-corrected chi connectivity index (χ3v) is 4.72. The molecule has 1 saturated heterocycles. The van der Waals surface area contributed by atoms with Crippen molar-refractivity contribution in [3.8, 4) is 0 Å². The molecule has 0 bridgehead atoms. The molecule has 1 aromatic rings. The molecule has 0 spiro atoms. The van der Waals surface area contributed by atoms with Crippen molar-refractivity contribution < 1.29 is 4.79 Å². The molecule has 15 heavy (non-hydrogen) atoms. The van der Waals surface area contributed by atoms with Gasteiger partial charge in [-0.3, -0.25) is 4.79 Å². The number of carbonyl (C=O) groups excluding carboxylic acids is 1. The van der Waals surface area contributed by atoms with Gasteiger partial charge in [0, 0.05) is 29.0 Å². The number of thioether (sulfide) groups is 1. The summed E-state index contributed by atoms with van der Waals surface area (Å²) >= 11 is 3.40. The van der Waals surface area contributed by atoms with E-state index < -0.39 is 0 Å². The van der Waals surface area contributed by atoms with E-state index in [0.717, 1.165) is 12.3 Å². The van der Waals surface area contributed by atoms with Crippen LogP contribution in [0.1, 0.15) is 24.3 Å². The number of aromatic nitrogens is 1. The molecule has 82 valence electrons. The molecule has 0 aromatic carbocycles. The standard InChI is InChI=1S/C10H14N2OS2/c1-7-8(2)15-4-3-12(7)10(13)9-5-14-6-11-9/h5-8H,3-4H2,1-2H3. The van der Waals surface area contributed by atoms with E-state index >= 15 is 0 Å². The first kappa shape index (κ1) is 11.0. The van der Waals surface area contributed by atoms with Crippen LogP contribution in [0.25, 0.3) is 0 Å². The molecule has 1 fully saturated rings. The zero-order chi connectivity index (χ0) is 10.8. The number of hydrogen-bond acceptors (Lipinski definition) is 4. The van der Waals surface area contributed by atoms with E-state index in [1.54, 1.807) is 5.51 Å². The molecule has 1 aromatic heterocycles. The van der Waals surface area contributed by atoms with Crippen LogP contribution in [0.4, 0.5) is 0 Å². The maximum absolute atomic E-state index is 12.1. The van der Waals surface area contributed by atoms with E-state index in [-0.39, 0.29) is 5.91 Å². The largest absolute Gasteiger partial charge is 0.333 e. The minimum atomic E-state index is 0.0795. The Morgan fingerprint density at radius 1 is 1.60 bits per heavy atom. The number of nitrogens with zero attached hydrogens (tertiary/aromatic N) is 2. The first-order valence-corrected chi connectivity index (χ1v) is 7.00. The first-order valence-electron chi connectivity index (χ1n) is 5.01. The van der Waals surface area contributed by atoms with Crippen LogP contribution >= 0.6 is 23.1 Å². The van der Waals surface area contributed by atoms with Crippen LogP contribution in [0.5, 0.6) is 0 Å². The van der Waals surface area contributed by atoms with Gasteiger partial charge in [-0.15, -0.1) is 11.3 Å². The lowest BCUT2D eigenvalue weighted by Gasteiger charge is -2.37. The molecule has 1 amide bonds. The van der Waals surface area contributed by atoms with Gasteiger partial charge in [-0.05, 0) is 6.92 Å². The molecule has 5 heteroatoms. The van der Waals surface area contributed by atoms with Crippen molar-refractivity contribution in [2.45, 2.75) is 25.1 Å². The summed E-state index contributed by atoms with van der Waals surface area (Å²) in [4.78, 5) is 18.1. The zero-order valence-electron chi connectivity index (χ0n) is 8.84. The molecule has 3 nitrogen and oxygen atoms in total. The second-order valence-corrected chi connectivity index (χ2v) is 5.89. The Bertz CT molecular complexity index is 339. The fraction of sp³-hybridized carbons (Fsp3) is 0.600. The van der Waals surface area contributed by atoms with Crippen molar-refractivity contribution >= 4 is 29.0 Å². The predicted molar refractivity (Wildman–Crippen MR) is 64.5 cm³/mol. The van der Waals surface area contributed by atoms with Gasteiger partial charge < -0.3 is 4.90 Å². The lowest BCUT2D eigenvalue weighted by molar-refractivity contribution is 0.0693. The number of rotatable bonds is 1. The van der Waals surface area contributed by atoms with E-state index in [1.165, 1.54) is 11.3 Å². The van der Waals surface area contributed by atoms with Crippen molar-refractivity contribution in [3.05, 3.63) is 16.6 Å². The number of amides is 1. The number of thiazole rings is 1. The molecule has 1 aliphatic heterocycles. The zero-order valence-corrected chi connectivity index (χ0v) is 10.5. The van der Waals surface area contributed by atoms with Gasteiger partial charge in [0.25, 0.3) is 5.91 Å². The molecule has 2 unspecified atom stereocenters. The second kappa shape index (κ2) is 4.53. The average Bonchev–Trinajstić information content (AvgIpc) is 2.74. The van der Waals surface area contributed by atoms with Crippen LogP contribution in [-0.2, 0) is 0 Å². The molecule has 2 atom stereocenters. The van der Waals surface area contributed by atoms with Crippen molar-refractivity contribution in [1.82, 2.24) is 9.88 Å². The van der Waals surface area contributed by atoms with Gasteiger partial charge in [0.2, 0.25) is 0 Å². The van der Waals surface area contributed by atoms with Crippen LogP contribution in [-0.4, -0.2) is 39.4 Å². The van der Waals surface area contributed by atoms with E-state index in [0.29, 0.717) is 17.0 Å². The maximum Gasteiger partial charge on any atom is 0.273 e. The smallest absolute Gasteiger partial charge is 0.273 e. The summed E-state index contributed by atoms with van der Waals surface area (Å²) in [6.07, 6.45) is 0. The first-order chi connectivity index (χ1) is 7.20. The molecule has 2 heterocycles. The predicted octanol–water partition coefficient (Wildman–Crippen LogP) is 2.11. The van der Waals surface area contributed by atoms with Gasteiger partial charge in [-0.1, -0.05) is 6.92 Å². The van der Waals surface area contributed by atoms with Crippen LogP contribution in [0.15, 0.2) is 10.9 Å². The maximum atomic E-state index is 12.1. The minimum absolute atomic E-state index is 0.0795. The van der Waals surface area contributed by atoms with Crippen LogP contribution in [0, 0.1) is 0 Å². The highest BCUT2D eigenvalue weighted by Crippen LogP contribution is 2.25. The summed E-state index contributed by atoms with van der Waals surface area (Å²) in [6.45, 7) is 5.13. The van der Waals surface area contributed by atoms with E-state index in [2.05, 4.69) is 18.8 Å². The molecule has 1 aliphatic rings. The van der Waals surface area contributed by atoms with Gasteiger partial charge in [0.1, 0.15) is 5.69 Å². The molecule has 0 radical (unpaired) electrons. The third kappa shape index (κ3) is 2.18. The normalized spacial score (nSPS) is 26.7. The van der Waals surface area contributed by atoms with E-state index in [1.807, 2.05) is 22.0 Å². The highest BCUT2D eigenvalue weighted by atomic mass is 32.2. The Labute approximate surface area is 97.9 Å². The Kier molecular flexibility index (Phi) is 3.31. The summed E-state index contributed by atoms with van der Waals surface area (Å²) in [5, 5.41) is 2.34. The van der Waals surface area contributed by atoms with Crippen molar-refractivity contribution in [3.63, 3.8) is 0 Å². The van der Waals surface area contributed by atoms with Crippen molar-refractivity contribution in [2.24, 2.45) is 0 Å². The molecular formula is C10H14N2OS2. The van der Waals surface area contributed by atoms with Crippen molar-refractivity contribution in [1.29, 1.82) is 0 Å². The summed E-state index contributed by atoms with van der Waals surface area (Å²) in [7, 11) is 0. The SMILES string of the molecule is CC1SCCN(C(=O)c2cscn2)C1C. The van der Waals surface area contributed by atoms with E-state index in [9.17, 15) is 4.79 Å². The Balaban J connectivity index is 2.13. The van der Waals surface area contributed by atoms with Gasteiger partial charge in [-0.25, -0.2) is 4.98 Å². The fourth-order valence-electron chi connectivity index (χ4n) is 1.69. The fourth-order valence-corrected chi connectivity index (χ4v) is 3.31. The summed E-state index contributed by atoms with van der Waals surface area (Å²) in [6, 6.07) is 0.304.